The second kappa shape index (κ2) is 10.2. The van der Waals surface area contributed by atoms with Gasteiger partial charge in [-0.1, -0.05) is 6.07 Å². The van der Waals surface area contributed by atoms with Crippen molar-refractivity contribution in [3.05, 3.63) is 54.6 Å². The number of benzene rings is 1. The van der Waals surface area contributed by atoms with Crippen molar-refractivity contribution in [3.63, 3.8) is 0 Å². The molecule has 37 heavy (non-hydrogen) atoms. The Labute approximate surface area is 215 Å². The van der Waals surface area contributed by atoms with Gasteiger partial charge in [0.05, 0.1) is 16.7 Å². The topological polar surface area (TPSA) is 115 Å². The number of carbonyl (C=O) groups excluding carboxylic acids is 1. The van der Waals surface area contributed by atoms with Crippen molar-refractivity contribution in [2.75, 3.05) is 38.0 Å². The first-order chi connectivity index (χ1) is 18.2. The SMILES string of the molecule is CCNC(=O)Nc1nc2cc(-c3ccc(CN4CCN(C5CC5)CC4)nc3)cc(-c3ncccn3)c2[nH]1. The second-order valence-electron chi connectivity index (χ2n) is 9.64. The van der Waals surface area contributed by atoms with Gasteiger partial charge < -0.3 is 10.3 Å². The van der Waals surface area contributed by atoms with E-state index in [1.54, 1.807) is 18.5 Å². The van der Waals surface area contributed by atoms with E-state index in [-0.39, 0.29) is 6.03 Å². The second-order valence-corrected chi connectivity index (χ2v) is 9.64. The zero-order valence-corrected chi connectivity index (χ0v) is 20.9. The van der Waals surface area contributed by atoms with Gasteiger partial charge in [0.1, 0.15) is 0 Å². The zero-order valence-electron chi connectivity index (χ0n) is 20.9. The minimum atomic E-state index is -0.312. The monoisotopic (exact) mass is 497 g/mol. The molecule has 190 valence electrons. The number of fused-ring (bicyclic) bond motifs is 1. The summed E-state index contributed by atoms with van der Waals surface area (Å²) in [6.45, 7) is 7.78. The van der Waals surface area contributed by atoms with Gasteiger partial charge in [0.25, 0.3) is 0 Å². The maximum Gasteiger partial charge on any atom is 0.321 e. The first-order valence-corrected chi connectivity index (χ1v) is 12.9. The number of hydrogen-bond acceptors (Lipinski definition) is 7. The molecule has 1 saturated carbocycles. The lowest BCUT2D eigenvalue weighted by molar-refractivity contribution is 0.120. The molecule has 10 heteroatoms. The Balaban J connectivity index is 1.25. The summed E-state index contributed by atoms with van der Waals surface area (Å²) in [5.41, 5.74) is 5.30. The first kappa shape index (κ1) is 23.5. The third-order valence-corrected chi connectivity index (χ3v) is 6.98. The number of nitrogens with zero attached hydrogens (tertiary/aromatic N) is 6. The number of aromatic nitrogens is 5. The number of H-pyrrole nitrogens is 1. The molecule has 6 rings (SSSR count). The average molecular weight is 498 g/mol. The van der Waals surface area contributed by atoms with Gasteiger partial charge in [-0.25, -0.2) is 19.7 Å². The predicted molar refractivity (Wildman–Crippen MR) is 143 cm³/mol. The number of rotatable bonds is 7. The average Bonchev–Trinajstić information content (AvgIpc) is 3.69. The summed E-state index contributed by atoms with van der Waals surface area (Å²) in [6, 6.07) is 10.6. The van der Waals surface area contributed by atoms with Gasteiger partial charge in [-0.05, 0) is 49.6 Å². The van der Waals surface area contributed by atoms with Crippen molar-refractivity contribution in [3.8, 4) is 22.5 Å². The number of carbonyl (C=O) groups is 1. The van der Waals surface area contributed by atoms with E-state index in [0.717, 1.165) is 66.7 Å². The Bertz CT molecular complexity index is 1370. The number of imidazole rings is 1. The third kappa shape index (κ3) is 5.30. The van der Waals surface area contributed by atoms with Crippen LogP contribution in [0.25, 0.3) is 33.5 Å². The lowest BCUT2D eigenvalue weighted by atomic mass is 10.0. The van der Waals surface area contributed by atoms with Crippen LogP contribution in [0.15, 0.2) is 48.9 Å². The van der Waals surface area contributed by atoms with Crippen LogP contribution in [-0.4, -0.2) is 79.5 Å². The molecule has 0 unspecified atom stereocenters. The third-order valence-electron chi connectivity index (χ3n) is 6.98. The van der Waals surface area contributed by atoms with E-state index in [9.17, 15) is 4.79 Å². The molecule has 1 saturated heterocycles. The number of pyridine rings is 1. The molecule has 3 aromatic heterocycles. The molecule has 4 aromatic rings. The molecule has 1 aliphatic heterocycles. The standard InChI is InChI=1S/C27H31N9O/c1-2-28-27(37)34-26-32-23-15-19(14-22(24(23)33-26)25-29-8-3-9-30-25)18-4-5-20(31-16-18)17-35-10-12-36(13-11-35)21-6-7-21/h3-5,8-9,14-16,21H,2,6-7,10-13,17H2,1H3,(H3,28,32,33,34,37). The number of amides is 2. The van der Waals surface area contributed by atoms with Gasteiger partial charge in [0.15, 0.2) is 5.82 Å². The fraction of sp³-hybridized carbons (Fsp3) is 0.370. The van der Waals surface area contributed by atoms with Crippen molar-refractivity contribution < 1.29 is 4.79 Å². The molecule has 0 spiro atoms. The van der Waals surface area contributed by atoms with Crippen LogP contribution in [0.5, 0.6) is 0 Å². The summed E-state index contributed by atoms with van der Waals surface area (Å²) >= 11 is 0. The Kier molecular flexibility index (Phi) is 6.50. The first-order valence-electron chi connectivity index (χ1n) is 12.9. The van der Waals surface area contributed by atoms with Crippen LogP contribution in [0.3, 0.4) is 0 Å². The van der Waals surface area contributed by atoms with E-state index in [2.05, 4.69) is 52.5 Å². The van der Waals surface area contributed by atoms with Crippen LogP contribution in [0, 0.1) is 0 Å². The molecule has 0 atom stereocenters. The van der Waals surface area contributed by atoms with Crippen molar-refractivity contribution in [1.29, 1.82) is 0 Å². The Hall–Kier alpha value is -3.89. The Morgan fingerprint density at radius 3 is 2.57 bits per heavy atom. The number of nitrogens with one attached hydrogen (secondary N) is 3. The van der Waals surface area contributed by atoms with Gasteiger partial charge >= 0.3 is 6.03 Å². The highest BCUT2D eigenvalue weighted by Crippen LogP contribution is 2.32. The van der Waals surface area contributed by atoms with E-state index in [4.69, 9.17) is 4.98 Å². The highest BCUT2D eigenvalue weighted by atomic mass is 16.2. The summed E-state index contributed by atoms with van der Waals surface area (Å²) in [4.78, 5) is 38.7. The minimum Gasteiger partial charge on any atom is -0.338 e. The normalized spacial score (nSPS) is 16.7. The fourth-order valence-corrected chi connectivity index (χ4v) is 4.91. The smallest absolute Gasteiger partial charge is 0.321 e. The lowest BCUT2D eigenvalue weighted by Crippen LogP contribution is -2.46. The minimum absolute atomic E-state index is 0.312. The van der Waals surface area contributed by atoms with Crippen LogP contribution in [0.1, 0.15) is 25.5 Å². The molecule has 4 heterocycles. The predicted octanol–water partition coefficient (Wildman–Crippen LogP) is 3.50. The fourth-order valence-electron chi connectivity index (χ4n) is 4.91. The maximum atomic E-state index is 12.0. The molecular weight excluding hydrogens is 466 g/mol. The molecule has 1 aromatic carbocycles. The number of hydrogen-bond donors (Lipinski definition) is 3. The molecule has 2 amide bonds. The van der Waals surface area contributed by atoms with Crippen molar-refractivity contribution in [2.45, 2.75) is 32.4 Å². The van der Waals surface area contributed by atoms with Gasteiger partial charge in [-0.3, -0.25) is 20.1 Å². The molecule has 3 N–H and O–H groups in total. The summed E-state index contributed by atoms with van der Waals surface area (Å²) in [6.07, 6.45) is 8.10. The lowest BCUT2D eigenvalue weighted by Gasteiger charge is -2.34. The molecule has 2 fully saturated rings. The number of piperazine rings is 1. The molecule has 0 bridgehead atoms. The van der Waals surface area contributed by atoms with Crippen LogP contribution in [-0.2, 0) is 6.54 Å². The van der Waals surface area contributed by atoms with Gasteiger partial charge in [-0.2, -0.15) is 0 Å². The summed E-state index contributed by atoms with van der Waals surface area (Å²) in [5.74, 6) is 0.947. The van der Waals surface area contributed by atoms with Crippen LogP contribution < -0.4 is 10.6 Å². The van der Waals surface area contributed by atoms with E-state index in [0.29, 0.717) is 23.8 Å². The van der Waals surface area contributed by atoms with E-state index in [1.807, 2.05) is 25.3 Å². The van der Waals surface area contributed by atoms with Crippen LogP contribution in [0.4, 0.5) is 10.7 Å². The zero-order chi connectivity index (χ0) is 25.2. The van der Waals surface area contributed by atoms with Gasteiger partial charge in [0, 0.05) is 75.0 Å². The van der Waals surface area contributed by atoms with Gasteiger partial charge in [-0.15, -0.1) is 0 Å². The molecule has 10 nitrogen and oxygen atoms in total. The quantitative estimate of drug-likeness (QED) is 0.358. The van der Waals surface area contributed by atoms with Crippen LogP contribution >= 0.6 is 0 Å². The van der Waals surface area contributed by atoms with Gasteiger partial charge in [0.2, 0.25) is 5.95 Å². The van der Waals surface area contributed by atoms with Crippen molar-refractivity contribution in [1.82, 2.24) is 40.0 Å². The highest BCUT2D eigenvalue weighted by Gasteiger charge is 2.31. The Morgan fingerprint density at radius 2 is 1.86 bits per heavy atom. The largest absolute Gasteiger partial charge is 0.338 e. The number of urea groups is 1. The molecule has 1 aliphatic carbocycles. The van der Waals surface area contributed by atoms with E-state index < -0.39 is 0 Å². The summed E-state index contributed by atoms with van der Waals surface area (Å²) in [7, 11) is 0. The van der Waals surface area contributed by atoms with Crippen LogP contribution in [0.2, 0.25) is 0 Å². The van der Waals surface area contributed by atoms with E-state index in [1.165, 1.54) is 12.8 Å². The molecule has 0 radical (unpaired) electrons. The molecule has 2 aliphatic rings. The van der Waals surface area contributed by atoms with Crippen molar-refractivity contribution in [2.24, 2.45) is 0 Å². The molecular formula is C27H31N9O. The Morgan fingerprint density at radius 1 is 1.05 bits per heavy atom. The summed E-state index contributed by atoms with van der Waals surface area (Å²) in [5, 5.41) is 5.47. The maximum absolute atomic E-state index is 12.0. The van der Waals surface area contributed by atoms with E-state index >= 15 is 0 Å². The highest BCUT2D eigenvalue weighted by molar-refractivity contribution is 5.97. The number of aromatic amines is 1. The number of anilines is 1. The van der Waals surface area contributed by atoms with Crippen molar-refractivity contribution >= 4 is 23.0 Å². The summed E-state index contributed by atoms with van der Waals surface area (Å²) < 4.78 is 0.